The van der Waals surface area contributed by atoms with Crippen molar-refractivity contribution >= 4 is 15.7 Å². The van der Waals surface area contributed by atoms with Crippen molar-refractivity contribution in [3.05, 3.63) is 0 Å². The average molecular weight is 233 g/mol. The van der Waals surface area contributed by atoms with Gasteiger partial charge in [-0.3, -0.25) is 9.63 Å². The van der Waals surface area contributed by atoms with E-state index in [0.717, 1.165) is 12.8 Å². The number of hydrogen-bond donors (Lipinski definition) is 0. The highest BCUT2D eigenvalue weighted by Crippen LogP contribution is 2.22. The first-order chi connectivity index (χ1) is 7.11. The second-order valence-corrected chi connectivity index (χ2v) is 6.28. The van der Waals surface area contributed by atoms with Crippen molar-refractivity contribution in [3.8, 4) is 0 Å². The average Bonchev–Trinajstić information content (AvgIpc) is 2.69. The topological polar surface area (TPSA) is 63.7 Å². The van der Waals surface area contributed by atoms with Crippen LogP contribution in [0, 0.1) is 0 Å². The lowest BCUT2D eigenvalue weighted by atomic mass is 10.2. The van der Waals surface area contributed by atoms with Gasteiger partial charge in [-0.1, -0.05) is 6.42 Å². The van der Waals surface area contributed by atoms with Crippen molar-refractivity contribution in [3.63, 3.8) is 0 Å². The molecule has 0 aromatic carbocycles. The molecule has 1 atom stereocenters. The Kier molecular flexibility index (Phi) is 2.97. The molecule has 1 unspecified atom stereocenters. The molecule has 2 rings (SSSR count). The summed E-state index contributed by atoms with van der Waals surface area (Å²) in [5, 5.41) is 0.359. The van der Waals surface area contributed by atoms with Gasteiger partial charge in [0.1, 0.15) is 5.25 Å². The summed E-state index contributed by atoms with van der Waals surface area (Å²) in [6.07, 6.45) is 2.72. The van der Waals surface area contributed by atoms with Crippen molar-refractivity contribution in [2.75, 3.05) is 18.9 Å². The number of hydroxylamine groups is 2. The third kappa shape index (κ3) is 2.15. The molecule has 15 heavy (non-hydrogen) atoms. The van der Waals surface area contributed by atoms with Gasteiger partial charge in [0.05, 0.1) is 18.9 Å². The summed E-state index contributed by atoms with van der Waals surface area (Å²) in [5.41, 5.74) is 0. The molecule has 1 amide bonds. The van der Waals surface area contributed by atoms with Gasteiger partial charge < -0.3 is 0 Å². The fraction of sp³-hybridized carbons (Fsp3) is 0.889. The van der Waals surface area contributed by atoms with Crippen LogP contribution in [0.5, 0.6) is 0 Å². The standard InChI is InChI=1S/C9H15NO4S/c11-9(10-5-3-6-14-10)8-4-1-2-7-15(8,12)13/h8H,1-7H2. The highest BCUT2D eigenvalue weighted by atomic mass is 32.2. The lowest BCUT2D eigenvalue weighted by molar-refractivity contribution is -0.168. The second-order valence-electron chi connectivity index (χ2n) is 3.98. The monoisotopic (exact) mass is 233 g/mol. The van der Waals surface area contributed by atoms with Crippen LogP contribution in [0.2, 0.25) is 0 Å². The van der Waals surface area contributed by atoms with Gasteiger partial charge in [-0.15, -0.1) is 0 Å². The maximum absolute atomic E-state index is 11.8. The Morgan fingerprint density at radius 3 is 2.67 bits per heavy atom. The molecule has 5 nitrogen and oxygen atoms in total. The van der Waals surface area contributed by atoms with E-state index in [1.807, 2.05) is 0 Å². The van der Waals surface area contributed by atoms with E-state index in [0.29, 0.717) is 26.0 Å². The fourth-order valence-electron chi connectivity index (χ4n) is 2.01. The zero-order chi connectivity index (χ0) is 10.9. The first kappa shape index (κ1) is 10.9. The molecule has 2 fully saturated rings. The van der Waals surface area contributed by atoms with E-state index >= 15 is 0 Å². The van der Waals surface area contributed by atoms with Gasteiger partial charge in [0.2, 0.25) is 0 Å². The molecule has 0 aromatic heterocycles. The van der Waals surface area contributed by atoms with Gasteiger partial charge in [0.15, 0.2) is 9.84 Å². The van der Waals surface area contributed by atoms with E-state index in [4.69, 9.17) is 4.84 Å². The van der Waals surface area contributed by atoms with E-state index in [9.17, 15) is 13.2 Å². The summed E-state index contributed by atoms with van der Waals surface area (Å²) in [6.45, 7) is 1.03. The smallest absolute Gasteiger partial charge is 0.264 e. The van der Waals surface area contributed by atoms with Crippen LogP contribution >= 0.6 is 0 Å². The Morgan fingerprint density at radius 1 is 1.27 bits per heavy atom. The van der Waals surface area contributed by atoms with Gasteiger partial charge in [0, 0.05) is 0 Å². The van der Waals surface area contributed by atoms with E-state index in [1.54, 1.807) is 0 Å². The summed E-state index contributed by atoms with van der Waals surface area (Å²) >= 11 is 0. The highest BCUT2D eigenvalue weighted by Gasteiger charge is 2.38. The van der Waals surface area contributed by atoms with Gasteiger partial charge in [0.25, 0.3) is 5.91 Å². The Balaban J connectivity index is 2.11. The normalized spacial score (nSPS) is 30.4. The van der Waals surface area contributed by atoms with Crippen LogP contribution in [-0.4, -0.2) is 43.5 Å². The molecule has 2 aliphatic heterocycles. The molecule has 0 aromatic rings. The van der Waals surface area contributed by atoms with Gasteiger partial charge >= 0.3 is 0 Å². The minimum atomic E-state index is -3.23. The molecule has 2 saturated heterocycles. The van der Waals surface area contributed by atoms with Crippen LogP contribution in [0.3, 0.4) is 0 Å². The summed E-state index contributed by atoms with van der Waals surface area (Å²) in [4.78, 5) is 16.9. The van der Waals surface area contributed by atoms with Crippen molar-refractivity contribution in [1.29, 1.82) is 0 Å². The van der Waals surface area contributed by atoms with Crippen LogP contribution in [-0.2, 0) is 19.5 Å². The first-order valence-corrected chi connectivity index (χ1v) is 6.99. The number of amides is 1. The zero-order valence-electron chi connectivity index (χ0n) is 8.52. The predicted molar refractivity (Wildman–Crippen MR) is 53.7 cm³/mol. The Hall–Kier alpha value is -0.620. The number of rotatable bonds is 1. The first-order valence-electron chi connectivity index (χ1n) is 5.27. The molecular weight excluding hydrogens is 218 g/mol. The van der Waals surface area contributed by atoms with Crippen molar-refractivity contribution in [2.45, 2.75) is 30.9 Å². The van der Waals surface area contributed by atoms with Crippen molar-refractivity contribution in [1.82, 2.24) is 5.06 Å². The number of carbonyl (C=O) groups is 1. The quantitative estimate of drug-likeness (QED) is 0.645. The van der Waals surface area contributed by atoms with Crippen LogP contribution < -0.4 is 0 Å². The largest absolute Gasteiger partial charge is 0.271 e. The summed E-state index contributed by atoms with van der Waals surface area (Å²) in [7, 11) is -3.23. The molecule has 0 saturated carbocycles. The van der Waals surface area contributed by atoms with E-state index < -0.39 is 15.1 Å². The Morgan fingerprint density at radius 2 is 2.07 bits per heavy atom. The van der Waals surface area contributed by atoms with Gasteiger partial charge in [-0.2, -0.15) is 0 Å². The zero-order valence-corrected chi connectivity index (χ0v) is 9.33. The molecular formula is C9H15NO4S. The summed E-state index contributed by atoms with van der Waals surface area (Å²) in [5.74, 6) is -0.232. The molecule has 86 valence electrons. The Bertz CT molecular complexity index is 345. The van der Waals surface area contributed by atoms with Crippen LogP contribution in [0.4, 0.5) is 0 Å². The van der Waals surface area contributed by atoms with Crippen LogP contribution in [0.15, 0.2) is 0 Å². The number of hydrogen-bond acceptors (Lipinski definition) is 4. The maximum atomic E-state index is 11.8. The minimum absolute atomic E-state index is 0.136. The lowest BCUT2D eigenvalue weighted by Crippen LogP contribution is -2.43. The van der Waals surface area contributed by atoms with E-state index in [2.05, 4.69) is 0 Å². The molecule has 2 heterocycles. The molecule has 0 N–H and O–H groups in total. The molecule has 2 aliphatic rings. The SMILES string of the molecule is O=C(C1CCCCS1(=O)=O)N1CCCO1. The maximum Gasteiger partial charge on any atom is 0.264 e. The van der Waals surface area contributed by atoms with E-state index in [1.165, 1.54) is 5.06 Å². The molecule has 0 aliphatic carbocycles. The molecule has 6 heteroatoms. The molecule has 0 radical (unpaired) electrons. The number of sulfone groups is 1. The highest BCUT2D eigenvalue weighted by molar-refractivity contribution is 7.92. The van der Waals surface area contributed by atoms with Crippen molar-refractivity contribution < 1.29 is 18.0 Å². The third-order valence-electron chi connectivity index (χ3n) is 2.85. The predicted octanol–water partition coefficient (Wildman–Crippen LogP) is 0.118. The van der Waals surface area contributed by atoms with Crippen LogP contribution in [0.1, 0.15) is 25.7 Å². The van der Waals surface area contributed by atoms with Gasteiger partial charge in [-0.25, -0.2) is 13.5 Å². The van der Waals surface area contributed by atoms with Crippen LogP contribution in [0.25, 0.3) is 0 Å². The van der Waals surface area contributed by atoms with E-state index in [-0.39, 0.29) is 11.7 Å². The molecule has 0 spiro atoms. The fourth-order valence-corrected chi connectivity index (χ4v) is 3.86. The lowest BCUT2D eigenvalue weighted by Gasteiger charge is -2.24. The van der Waals surface area contributed by atoms with Crippen molar-refractivity contribution in [2.24, 2.45) is 0 Å². The molecule has 0 bridgehead atoms. The summed E-state index contributed by atoms with van der Waals surface area (Å²) < 4.78 is 23.4. The number of carbonyl (C=O) groups excluding carboxylic acids is 1. The number of nitrogens with zero attached hydrogens (tertiary/aromatic N) is 1. The van der Waals surface area contributed by atoms with Gasteiger partial charge in [-0.05, 0) is 19.3 Å². The summed E-state index contributed by atoms with van der Waals surface area (Å²) in [6, 6.07) is 0. The minimum Gasteiger partial charge on any atom is -0.271 e. The third-order valence-corrected chi connectivity index (χ3v) is 5.01. The Labute approximate surface area is 89.3 Å². The second kappa shape index (κ2) is 4.09.